The molecule has 0 unspecified atom stereocenters. The van der Waals surface area contributed by atoms with Gasteiger partial charge in [-0.25, -0.2) is 0 Å². The van der Waals surface area contributed by atoms with Crippen molar-refractivity contribution < 1.29 is 9.21 Å². The fourth-order valence-corrected chi connectivity index (χ4v) is 4.49. The second-order valence-corrected chi connectivity index (χ2v) is 7.60. The molecule has 1 aromatic heterocycles. The quantitative estimate of drug-likeness (QED) is 0.858. The normalized spacial score (nSPS) is 28.5. The van der Waals surface area contributed by atoms with Gasteiger partial charge in [0.1, 0.15) is 5.52 Å². The van der Waals surface area contributed by atoms with E-state index in [2.05, 4.69) is 25.4 Å². The van der Waals surface area contributed by atoms with Gasteiger partial charge in [0.15, 0.2) is 5.58 Å². The Balaban J connectivity index is 1.39. The van der Waals surface area contributed by atoms with Gasteiger partial charge in [-0.15, -0.1) is 0 Å². The van der Waals surface area contributed by atoms with E-state index in [1.165, 1.54) is 25.9 Å². The van der Waals surface area contributed by atoms with E-state index in [1.807, 2.05) is 18.2 Å². The Bertz CT molecular complexity index is 805. The number of piperidine rings is 3. The van der Waals surface area contributed by atoms with Gasteiger partial charge in [0, 0.05) is 38.8 Å². The lowest BCUT2D eigenvalue weighted by Crippen LogP contribution is -2.57. The van der Waals surface area contributed by atoms with Gasteiger partial charge in [-0.3, -0.25) is 4.79 Å². The number of oxazole rings is 1. The number of hydrogen-bond donors (Lipinski definition) is 2. The molecule has 4 fully saturated rings. The second-order valence-electron chi connectivity index (χ2n) is 7.60. The van der Waals surface area contributed by atoms with Crippen LogP contribution in [-0.4, -0.2) is 67.6 Å². The van der Waals surface area contributed by atoms with Gasteiger partial charge in [-0.1, -0.05) is 6.07 Å². The molecule has 6 rings (SSSR count). The second kappa shape index (κ2) is 6.55. The number of anilines is 1. The van der Waals surface area contributed by atoms with E-state index in [4.69, 9.17) is 4.42 Å². The minimum absolute atomic E-state index is 0.0329. The molecule has 4 saturated heterocycles. The Kier molecular flexibility index (Phi) is 4.05. The van der Waals surface area contributed by atoms with Crippen molar-refractivity contribution in [3.63, 3.8) is 0 Å². The highest BCUT2D eigenvalue weighted by Crippen LogP contribution is 2.29. The van der Waals surface area contributed by atoms with Gasteiger partial charge in [-0.05, 0) is 44.0 Å². The summed E-state index contributed by atoms with van der Waals surface area (Å²) in [5.41, 5.74) is 1.96. The monoisotopic (exact) mass is 355 g/mol. The molecule has 4 aliphatic rings. The summed E-state index contributed by atoms with van der Waals surface area (Å²) in [5, 5.41) is 6.59. The molecule has 2 aromatic rings. The molecule has 1 amide bonds. The average Bonchev–Trinajstić information content (AvgIpc) is 3.14. The highest BCUT2D eigenvalue weighted by molar-refractivity contribution is 6.04. The Morgan fingerprint density at radius 2 is 2.00 bits per heavy atom. The minimum atomic E-state index is -0.0329. The Hall–Kier alpha value is -2.12. The van der Waals surface area contributed by atoms with Gasteiger partial charge >= 0.3 is 0 Å². The predicted octanol–water partition coefficient (Wildman–Crippen LogP) is 1.06. The van der Waals surface area contributed by atoms with Crippen molar-refractivity contribution in [1.82, 2.24) is 20.5 Å². The first-order valence-corrected chi connectivity index (χ1v) is 9.66. The van der Waals surface area contributed by atoms with Crippen LogP contribution in [0, 0.1) is 5.92 Å². The fraction of sp³-hybridized carbons (Fsp3) is 0.579. The van der Waals surface area contributed by atoms with E-state index in [-0.39, 0.29) is 11.9 Å². The number of rotatable bonds is 3. The number of carbonyl (C=O) groups is 1. The SMILES string of the molecule is O=C(N[C@@H]1CN2CCC1CC2)c1cccc2oc(N3CCNCC3)nc12. The number of aromatic nitrogens is 1. The van der Waals surface area contributed by atoms with Crippen LogP contribution in [0.1, 0.15) is 23.2 Å². The third-order valence-electron chi connectivity index (χ3n) is 6.01. The lowest BCUT2D eigenvalue weighted by molar-refractivity contribution is 0.0621. The molecule has 0 spiro atoms. The summed E-state index contributed by atoms with van der Waals surface area (Å²) in [6.45, 7) is 6.89. The largest absolute Gasteiger partial charge is 0.423 e. The average molecular weight is 355 g/mol. The summed E-state index contributed by atoms with van der Waals surface area (Å²) in [5.74, 6) is 0.575. The maximum Gasteiger partial charge on any atom is 0.298 e. The number of nitrogens with one attached hydrogen (secondary N) is 2. The third-order valence-corrected chi connectivity index (χ3v) is 6.01. The van der Waals surface area contributed by atoms with Crippen molar-refractivity contribution in [2.45, 2.75) is 18.9 Å². The topological polar surface area (TPSA) is 73.6 Å². The molecule has 26 heavy (non-hydrogen) atoms. The third kappa shape index (κ3) is 2.85. The Morgan fingerprint density at radius 3 is 2.73 bits per heavy atom. The van der Waals surface area contributed by atoms with Crippen LogP contribution in [0.5, 0.6) is 0 Å². The molecule has 2 bridgehead atoms. The van der Waals surface area contributed by atoms with Gasteiger partial charge in [-0.2, -0.15) is 4.98 Å². The minimum Gasteiger partial charge on any atom is -0.423 e. The van der Waals surface area contributed by atoms with Crippen molar-refractivity contribution >= 4 is 23.0 Å². The van der Waals surface area contributed by atoms with Crippen LogP contribution in [0.2, 0.25) is 0 Å². The highest BCUT2D eigenvalue weighted by atomic mass is 16.4. The van der Waals surface area contributed by atoms with Gasteiger partial charge < -0.3 is 24.9 Å². The van der Waals surface area contributed by atoms with E-state index in [1.54, 1.807) is 0 Å². The van der Waals surface area contributed by atoms with Crippen LogP contribution in [-0.2, 0) is 0 Å². The number of piperazine rings is 1. The molecule has 1 aromatic carbocycles. The molecule has 138 valence electrons. The standard InChI is InChI=1S/C19H25N5O2/c25-18(21-15-12-23-8-4-13(15)5-9-23)14-2-1-3-16-17(14)22-19(26-16)24-10-6-20-7-11-24/h1-3,13,15,20H,4-12H2,(H,21,25)/t15-/m1/s1. The van der Waals surface area contributed by atoms with E-state index in [9.17, 15) is 4.79 Å². The molecule has 0 aliphatic carbocycles. The summed E-state index contributed by atoms with van der Waals surface area (Å²) >= 11 is 0. The first-order chi connectivity index (χ1) is 12.8. The number of para-hydroxylation sites is 1. The van der Waals surface area contributed by atoms with Crippen molar-refractivity contribution in [3.05, 3.63) is 23.8 Å². The molecular formula is C19H25N5O2. The van der Waals surface area contributed by atoms with Crippen LogP contribution in [0.3, 0.4) is 0 Å². The highest BCUT2D eigenvalue weighted by Gasteiger charge is 2.35. The summed E-state index contributed by atoms with van der Waals surface area (Å²) in [4.78, 5) is 22.2. The first kappa shape index (κ1) is 16.1. The first-order valence-electron chi connectivity index (χ1n) is 9.66. The molecular weight excluding hydrogens is 330 g/mol. The number of benzene rings is 1. The van der Waals surface area contributed by atoms with Crippen LogP contribution in [0.4, 0.5) is 6.01 Å². The van der Waals surface area contributed by atoms with Gasteiger partial charge in [0.2, 0.25) is 0 Å². The number of fused-ring (bicyclic) bond motifs is 4. The van der Waals surface area contributed by atoms with E-state index >= 15 is 0 Å². The van der Waals surface area contributed by atoms with Crippen molar-refractivity contribution in [3.8, 4) is 0 Å². The van der Waals surface area contributed by atoms with Crippen LogP contribution in [0.15, 0.2) is 22.6 Å². The molecule has 7 heteroatoms. The lowest BCUT2D eigenvalue weighted by atomic mass is 9.84. The maximum absolute atomic E-state index is 13.0. The van der Waals surface area contributed by atoms with Crippen molar-refractivity contribution in [2.75, 3.05) is 50.7 Å². The maximum atomic E-state index is 13.0. The van der Waals surface area contributed by atoms with Crippen LogP contribution in [0.25, 0.3) is 11.1 Å². The molecule has 0 radical (unpaired) electrons. The van der Waals surface area contributed by atoms with Crippen LogP contribution < -0.4 is 15.5 Å². The molecule has 5 heterocycles. The Labute approximate surface area is 152 Å². The zero-order chi connectivity index (χ0) is 17.5. The summed E-state index contributed by atoms with van der Waals surface area (Å²) in [6, 6.07) is 6.48. The Morgan fingerprint density at radius 1 is 1.19 bits per heavy atom. The molecule has 2 N–H and O–H groups in total. The molecule has 4 aliphatic heterocycles. The van der Waals surface area contributed by atoms with Gasteiger partial charge in [0.25, 0.3) is 11.9 Å². The molecule has 7 nitrogen and oxygen atoms in total. The summed E-state index contributed by atoms with van der Waals surface area (Å²) < 4.78 is 5.94. The number of nitrogens with zero attached hydrogens (tertiary/aromatic N) is 3. The van der Waals surface area contributed by atoms with Crippen molar-refractivity contribution in [2.24, 2.45) is 5.92 Å². The number of amides is 1. The number of hydrogen-bond acceptors (Lipinski definition) is 6. The zero-order valence-electron chi connectivity index (χ0n) is 14.9. The zero-order valence-corrected chi connectivity index (χ0v) is 14.9. The van der Waals surface area contributed by atoms with Crippen molar-refractivity contribution in [1.29, 1.82) is 0 Å². The van der Waals surface area contributed by atoms with E-state index in [0.717, 1.165) is 32.7 Å². The summed E-state index contributed by atoms with van der Waals surface area (Å²) in [6.07, 6.45) is 2.37. The van der Waals surface area contributed by atoms with E-state index in [0.29, 0.717) is 28.6 Å². The smallest absolute Gasteiger partial charge is 0.298 e. The molecule has 1 atom stereocenters. The number of carbonyl (C=O) groups excluding carboxylic acids is 1. The predicted molar refractivity (Wildman–Crippen MR) is 99.5 cm³/mol. The van der Waals surface area contributed by atoms with Gasteiger partial charge in [0.05, 0.1) is 5.56 Å². The summed E-state index contributed by atoms with van der Waals surface area (Å²) in [7, 11) is 0. The van der Waals surface area contributed by atoms with Crippen LogP contribution >= 0.6 is 0 Å². The molecule has 0 saturated carbocycles. The fourth-order valence-electron chi connectivity index (χ4n) is 4.49. The lowest BCUT2D eigenvalue weighted by Gasteiger charge is -2.44. The van der Waals surface area contributed by atoms with E-state index < -0.39 is 0 Å².